The van der Waals surface area contributed by atoms with E-state index in [9.17, 15) is 19.5 Å². The number of ether oxygens (including phenoxy) is 1. The highest BCUT2D eigenvalue weighted by molar-refractivity contribution is 8.02. The average Bonchev–Trinajstić information content (AvgIpc) is 3.15. The van der Waals surface area contributed by atoms with Crippen molar-refractivity contribution in [3.8, 4) is 0 Å². The Balaban J connectivity index is 2.01. The summed E-state index contributed by atoms with van der Waals surface area (Å²) in [6.07, 6.45) is 1.26. The number of carbonyl (C=O) groups excluding carboxylic acids is 2. The average molecular weight is 412 g/mol. The molecule has 1 heterocycles. The predicted molar refractivity (Wildman–Crippen MR) is 108 cm³/mol. The van der Waals surface area contributed by atoms with Gasteiger partial charge in [0.25, 0.3) is 0 Å². The molecule has 3 atom stereocenters. The standard InChI is InChI=1S/C19H25NO5S2/c1-3-25-19(24)16(10-9-14-7-5-4-6-8-14)27-13(2)17(21)20-12-26-11-15(20)18(22)23/h4-8,13,15-16H,3,9-12H2,1-2H3,(H,22,23)/t13?,15-,16?/m1/s1. The maximum atomic E-state index is 12.7. The number of thioether (sulfide) groups is 2. The molecule has 2 rings (SSSR count). The van der Waals surface area contributed by atoms with Gasteiger partial charge in [0.05, 0.1) is 17.7 Å². The van der Waals surface area contributed by atoms with Crippen LogP contribution < -0.4 is 0 Å². The van der Waals surface area contributed by atoms with Crippen LogP contribution >= 0.6 is 23.5 Å². The lowest BCUT2D eigenvalue weighted by Crippen LogP contribution is -2.45. The number of rotatable bonds is 9. The molecule has 148 valence electrons. The van der Waals surface area contributed by atoms with Gasteiger partial charge in [-0.25, -0.2) is 4.79 Å². The Morgan fingerprint density at radius 2 is 2.04 bits per heavy atom. The molecule has 2 unspecified atom stereocenters. The van der Waals surface area contributed by atoms with Crippen LogP contribution in [0.5, 0.6) is 0 Å². The Morgan fingerprint density at radius 1 is 1.33 bits per heavy atom. The summed E-state index contributed by atoms with van der Waals surface area (Å²) in [4.78, 5) is 37.8. The molecule has 1 aromatic rings. The van der Waals surface area contributed by atoms with Crippen LogP contribution in [0.15, 0.2) is 30.3 Å². The van der Waals surface area contributed by atoms with Crippen LogP contribution in [0.1, 0.15) is 25.8 Å². The van der Waals surface area contributed by atoms with Crippen LogP contribution in [-0.2, 0) is 25.5 Å². The number of carboxylic acid groups (broad SMARTS) is 1. The number of esters is 1. The first kappa shape index (κ1) is 21.6. The Kier molecular flexibility index (Phi) is 8.50. The van der Waals surface area contributed by atoms with Crippen molar-refractivity contribution in [2.24, 2.45) is 0 Å². The zero-order valence-electron chi connectivity index (χ0n) is 15.5. The number of aryl methyl sites for hydroxylation is 1. The fourth-order valence-corrected chi connectivity index (χ4v) is 5.15. The van der Waals surface area contributed by atoms with Gasteiger partial charge in [-0.1, -0.05) is 30.3 Å². The third-order valence-corrected chi connectivity index (χ3v) is 6.63. The molecular formula is C19H25NO5S2. The first-order chi connectivity index (χ1) is 12.9. The molecule has 0 saturated carbocycles. The van der Waals surface area contributed by atoms with Gasteiger partial charge in [-0.05, 0) is 32.3 Å². The second-order valence-corrected chi connectivity index (χ2v) is 8.75. The molecule has 1 aromatic carbocycles. The number of benzene rings is 1. The molecule has 8 heteroatoms. The quantitative estimate of drug-likeness (QED) is 0.626. The second-order valence-electron chi connectivity index (χ2n) is 6.21. The van der Waals surface area contributed by atoms with Gasteiger partial charge in [0.15, 0.2) is 0 Å². The van der Waals surface area contributed by atoms with Gasteiger partial charge in [0.1, 0.15) is 11.3 Å². The van der Waals surface area contributed by atoms with E-state index in [2.05, 4.69) is 0 Å². The number of aliphatic carboxylic acids is 1. The number of hydrogen-bond acceptors (Lipinski definition) is 6. The largest absolute Gasteiger partial charge is 0.480 e. The summed E-state index contributed by atoms with van der Waals surface area (Å²) in [7, 11) is 0. The van der Waals surface area contributed by atoms with Crippen molar-refractivity contribution in [1.29, 1.82) is 0 Å². The fraction of sp³-hybridized carbons (Fsp3) is 0.526. The van der Waals surface area contributed by atoms with Gasteiger partial charge in [-0.3, -0.25) is 9.59 Å². The number of amides is 1. The van der Waals surface area contributed by atoms with E-state index < -0.39 is 22.5 Å². The van der Waals surface area contributed by atoms with Gasteiger partial charge >= 0.3 is 11.9 Å². The molecule has 1 amide bonds. The van der Waals surface area contributed by atoms with Gasteiger partial charge in [0, 0.05) is 5.75 Å². The lowest BCUT2D eigenvalue weighted by Gasteiger charge is -2.25. The topological polar surface area (TPSA) is 83.9 Å². The summed E-state index contributed by atoms with van der Waals surface area (Å²) in [5.41, 5.74) is 1.12. The summed E-state index contributed by atoms with van der Waals surface area (Å²) in [6, 6.07) is 9.04. The van der Waals surface area contributed by atoms with Crippen molar-refractivity contribution in [3.63, 3.8) is 0 Å². The van der Waals surface area contributed by atoms with Crippen LogP contribution in [0, 0.1) is 0 Å². The van der Waals surface area contributed by atoms with Gasteiger partial charge in [-0.2, -0.15) is 0 Å². The minimum absolute atomic E-state index is 0.244. The van der Waals surface area contributed by atoms with Crippen LogP contribution in [0.25, 0.3) is 0 Å². The molecule has 1 saturated heterocycles. The number of carbonyl (C=O) groups is 3. The molecule has 0 aliphatic carbocycles. The van der Waals surface area contributed by atoms with Gasteiger partial charge < -0.3 is 14.7 Å². The highest BCUT2D eigenvalue weighted by atomic mass is 32.2. The van der Waals surface area contributed by atoms with E-state index in [0.29, 0.717) is 24.5 Å². The number of hydrogen-bond donors (Lipinski definition) is 1. The normalized spacial score (nSPS) is 18.7. The maximum absolute atomic E-state index is 12.7. The summed E-state index contributed by atoms with van der Waals surface area (Å²) >= 11 is 2.68. The zero-order valence-corrected chi connectivity index (χ0v) is 17.1. The smallest absolute Gasteiger partial charge is 0.327 e. The van der Waals surface area contributed by atoms with E-state index in [4.69, 9.17) is 4.74 Å². The van der Waals surface area contributed by atoms with E-state index in [1.165, 1.54) is 28.4 Å². The Labute approximate surface area is 168 Å². The Bertz CT molecular complexity index is 655. The SMILES string of the molecule is CCOC(=O)C(CCc1ccccc1)SC(C)C(=O)N1CSC[C@@H]1C(=O)O. The molecular weight excluding hydrogens is 386 g/mol. The van der Waals surface area contributed by atoms with Crippen molar-refractivity contribution in [2.45, 2.75) is 43.2 Å². The molecule has 27 heavy (non-hydrogen) atoms. The van der Waals surface area contributed by atoms with Crippen molar-refractivity contribution >= 4 is 41.4 Å². The Morgan fingerprint density at radius 3 is 2.67 bits per heavy atom. The van der Waals surface area contributed by atoms with E-state index in [1.54, 1.807) is 13.8 Å². The first-order valence-corrected chi connectivity index (χ1v) is 11.0. The molecule has 0 radical (unpaired) electrons. The number of nitrogens with zero attached hydrogens (tertiary/aromatic N) is 1. The van der Waals surface area contributed by atoms with E-state index >= 15 is 0 Å². The zero-order chi connectivity index (χ0) is 19.8. The molecule has 6 nitrogen and oxygen atoms in total. The second kappa shape index (κ2) is 10.6. The third-order valence-electron chi connectivity index (χ3n) is 4.25. The van der Waals surface area contributed by atoms with Crippen LogP contribution in [0.3, 0.4) is 0 Å². The van der Waals surface area contributed by atoms with Crippen LogP contribution in [-0.4, -0.2) is 62.6 Å². The lowest BCUT2D eigenvalue weighted by molar-refractivity contribution is -0.147. The molecule has 0 aromatic heterocycles. The molecule has 1 aliphatic rings. The highest BCUT2D eigenvalue weighted by Crippen LogP contribution is 2.29. The van der Waals surface area contributed by atoms with Gasteiger partial charge in [-0.15, -0.1) is 23.5 Å². The van der Waals surface area contributed by atoms with Crippen molar-refractivity contribution in [1.82, 2.24) is 4.90 Å². The monoisotopic (exact) mass is 411 g/mol. The maximum Gasteiger partial charge on any atom is 0.327 e. The fourth-order valence-electron chi connectivity index (χ4n) is 2.82. The van der Waals surface area contributed by atoms with Crippen molar-refractivity contribution < 1.29 is 24.2 Å². The molecule has 1 fully saturated rings. The van der Waals surface area contributed by atoms with E-state index in [-0.39, 0.29) is 18.5 Å². The summed E-state index contributed by atoms with van der Waals surface area (Å²) in [5.74, 6) is -0.797. The van der Waals surface area contributed by atoms with E-state index in [0.717, 1.165) is 5.56 Å². The van der Waals surface area contributed by atoms with Crippen molar-refractivity contribution in [3.05, 3.63) is 35.9 Å². The van der Waals surface area contributed by atoms with Crippen molar-refractivity contribution in [2.75, 3.05) is 18.2 Å². The summed E-state index contributed by atoms with van der Waals surface area (Å²) in [5, 5.41) is 8.29. The molecule has 0 spiro atoms. The highest BCUT2D eigenvalue weighted by Gasteiger charge is 2.37. The third kappa shape index (κ3) is 6.17. The lowest BCUT2D eigenvalue weighted by atomic mass is 10.1. The number of carboxylic acids is 1. The minimum atomic E-state index is -0.989. The minimum Gasteiger partial charge on any atom is -0.480 e. The predicted octanol–water partition coefficient (Wildman–Crippen LogP) is 2.66. The van der Waals surface area contributed by atoms with Gasteiger partial charge in [0.2, 0.25) is 5.91 Å². The summed E-state index contributed by atoms with van der Waals surface area (Å²) in [6.45, 7) is 3.77. The van der Waals surface area contributed by atoms with Crippen LogP contribution in [0.2, 0.25) is 0 Å². The molecule has 1 aliphatic heterocycles. The van der Waals surface area contributed by atoms with Crippen LogP contribution in [0.4, 0.5) is 0 Å². The molecule has 1 N–H and O–H groups in total. The summed E-state index contributed by atoms with van der Waals surface area (Å²) < 4.78 is 5.18. The molecule has 0 bridgehead atoms. The Hall–Kier alpha value is -1.67. The first-order valence-electron chi connectivity index (χ1n) is 8.91. The van der Waals surface area contributed by atoms with E-state index in [1.807, 2.05) is 30.3 Å².